The first-order valence-corrected chi connectivity index (χ1v) is 5.64. The molecule has 0 aromatic carbocycles. The fourth-order valence-corrected chi connectivity index (χ4v) is 1.36. The quantitative estimate of drug-likeness (QED) is 0.686. The third kappa shape index (κ3) is 4.16. The van der Waals surface area contributed by atoms with E-state index in [9.17, 15) is 4.79 Å². The number of methoxy groups -OCH3 is 1. The number of amides is 1. The number of hydrogen-bond acceptors (Lipinski definition) is 4. The van der Waals surface area contributed by atoms with E-state index in [2.05, 4.69) is 29.4 Å². The van der Waals surface area contributed by atoms with Crippen LogP contribution in [0.15, 0.2) is 6.07 Å². The molecule has 1 aromatic heterocycles. The van der Waals surface area contributed by atoms with Gasteiger partial charge in [-0.15, -0.1) is 0 Å². The van der Waals surface area contributed by atoms with Crippen LogP contribution in [0.1, 0.15) is 31.9 Å². The fraction of sp³-hybridized carbons (Fsp3) is 0.636. The third-order valence-corrected chi connectivity index (χ3v) is 2.50. The summed E-state index contributed by atoms with van der Waals surface area (Å²) < 4.78 is 5.04. The van der Waals surface area contributed by atoms with Crippen molar-refractivity contribution in [2.75, 3.05) is 19.0 Å². The second-order valence-electron chi connectivity index (χ2n) is 4.21. The highest BCUT2D eigenvalue weighted by atomic mass is 16.5. The smallest absolute Gasteiger partial charge is 0.228 e. The van der Waals surface area contributed by atoms with Crippen molar-refractivity contribution in [3.05, 3.63) is 11.8 Å². The van der Waals surface area contributed by atoms with Gasteiger partial charge in [0, 0.05) is 25.4 Å². The first-order chi connectivity index (χ1) is 8.06. The first-order valence-electron chi connectivity index (χ1n) is 5.64. The molecule has 0 bridgehead atoms. The number of aromatic nitrogens is 2. The Hall–Kier alpha value is -1.40. The highest BCUT2D eigenvalue weighted by molar-refractivity contribution is 5.90. The van der Waals surface area contributed by atoms with E-state index >= 15 is 0 Å². The number of hydrogen-bond donors (Lipinski definition) is 3. The molecule has 4 N–H and O–H groups in total. The summed E-state index contributed by atoms with van der Waals surface area (Å²) in [5.74, 6) is 0.735. The van der Waals surface area contributed by atoms with Crippen molar-refractivity contribution in [2.24, 2.45) is 5.73 Å². The van der Waals surface area contributed by atoms with Crippen molar-refractivity contribution >= 4 is 11.7 Å². The normalized spacial score (nSPS) is 12.8. The predicted octanol–water partition coefficient (Wildman–Crippen LogP) is 0.835. The van der Waals surface area contributed by atoms with Gasteiger partial charge >= 0.3 is 0 Å². The zero-order chi connectivity index (χ0) is 12.8. The summed E-state index contributed by atoms with van der Waals surface area (Å²) in [5, 5.41) is 9.58. The molecule has 1 unspecified atom stereocenters. The van der Waals surface area contributed by atoms with Crippen LogP contribution in [0.25, 0.3) is 0 Å². The van der Waals surface area contributed by atoms with Crippen LogP contribution in [0.4, 0.5) is 5.82 Å². The van der Waals surface area contributed by atoms with E-state index < -0.39 is 0 Å². The van der Waals surface area contributed by atoms with Crippen LogP contribution in [0.5, 0.6) is 0 Å². The summed E-state index contributed by atoms with van der Waals surface area (Å²) >= 11 is 0. The molecule has 6 heteroatoms. The molecule has 0 aliphatic carbocycles. The molecule has 1 amide bonds. The van der Waals surface area contributed by atoms with Crippen LogP contribution >= 0.6 is 0 Å². The number of ether oxygens (including phenoxy) is 1. The standard InChI is InChI=1S/C11H20N4O2/c1-7(2)9-5-10(15-14-9)13-11(16)4-8(6-12)17-3/h5,7-8H,4,6,12H2,1-3H3,(H2,13,14,15,16). The van der Waals surface area contributed by atoms with Crippen LogP contribution in [0, 0.1) is 0 Å². The van der Waals surface area contributed by atoms with Gasteiger partial charge in [-0.1, -0.05) is 13.8 Å². The van der Waals surface area contributed by atoms with Crippen molar-refractivity contribution in [2.45, 2.75) is 32.3 Å². The highest BCUT2D eigenvalue weighted by Crippen LogP contribution is 2.14. The Kier molecular flexibility index (Phi) is 5.11. The number of carbonyl (C=O) groups is 1. The largest absolute Gasteiger partial charge is 0.380 e. The lowest BCUT2D eigenvalue weighted by molar-refractivity contribution is -0.118. The summed E-state index contributed by atoms with van der Waals surface area (Å²) in [7, 11) is 1.54. The van der Waals surface area contributed by atoms with Crippen LogP contribution in [0.2, 0.25) is 0 Å². The molecule has 0 fully saturated rings. The van der Waals surface area contributed by atoms with Crippen LogP contribution in [0.3, 0.4) is 0 Å². The summed E-state index contributed by atoms with van der Waals surface area (Å²) in [6, 6.07) is 1.83. The van der Waals surface area contributed by atoms with E-state index in [-0.39, 0.29) is 18.4 Å². The molecule has 0 spiro atoms. The van der Waals surface area contributed by atoms with Gasteiger partial charge in [-0.25, -0.2) is 0 Å². The molecule has 0 saturated carbocycles. The molecular weight excluding hydrogens is 220 g/mol. The Labute approximate surface area is 101 Å². The zero-order valence-electron chi connectivity index (χ0n) is 10.5. The number of aromatic amines is 1. The van der Waals surface area contributed by atoms with Gasteiger partial charge in [0.05, 0.1) is 12.5 Å². The molecular formula is C11H20N4O2. The van der Waals surface area contributed by atoms with E-state index in [0.717, 1.165) is 5.69 Å². The number of nitrogens with zero attached hydrogens (tertiary/aromatic N) is 1. The molecule has 0 aliphatic heterocycles. The molecule has 1 heterocycles. The highest BCUT2D eigenvalue weighted by Gasteiger charge is 2.13. The molecule has 1 atom stereocenters. The maximum atomic E-state index is 11.6. The Balaban J connectivity index is 2.50. The minimum absolute atomic E-state index is 0.149. The van der Waals surface area contributed by atoms with Crippen LogP contribution < -0.4 is 11.1 Å². The van der Waals surface area contributed by atoms with Crippen molar-refractivity contribution in [3.63, 3.8) is 0 Å². The van der Waals surface area contributed by atoms with Crippen LogP contribution in [-0.4, -0.2) is 35.9 Å². The second kappa shape index (κ2) is 6.36. The van der Waals surface area contributed by atoms with Crippen molar-refractivity contribution in [1.82, 2.24) is 10.2 Å². The Morgan fingerprint density at radius 2 is 2.35 bits per heavy atom. The summed E-state index contributed by atoms with van der Waals surface area (Å²) in [5.41, 5.74) is 6.43. The summed E-state index contributed by atoms with van der Waals surface area (Å²) in [4.78, 5) is 11.6. The van der Waals surface area contributed by atoms with Gasteiger partial charge in [0.15, 0.2) is 5.82 Å². The third-order valence-electron chi connectivity index (χ3n) is 2.50. The summed E-state index contributed by atoms with van der Waals surface area (Å²) in [6.07, 6.45) is -0.0184. The maximum absolute atomic E-state index is 11.6. The minimum atomic E-state index is -0.251. The van der Waals surface area contributed by atoms with Gasteiger partial charge in [0.25, 0.3) is 0 Å². The number of rotatable bonds is 6. The van der Waals surface area contributed by atoms with E-state index in [1.807, 2.05) is 6.07 Å². The van der Waals surface area contributed by atoms with E-state index in [1.165, 1.54) is 7.11 Å². The molecule has 0 saturated heterocycles. The number of nitrogens with two attached hydrogens (primary N) is 1. The average molecular weight is 240 g/mol. The Morgan fingerprint density at radius 1 is 1.65 bits per heavy atom. The minimum Gasteiger partial charge on any atom is -0.380 e. The molecule has 0 aliphatic rings. The zero-order valence-corrected chi connectivity index (χ0v) is 10.5. The van der Waals surface area contributed by atoms with Gasteiger partial charge in [0.1, 0.15) is 0 Å². The van der Waals surface area contributed by atoms with Crippen LogP contribution in [-0.2, 0) is 9.53 Å². The van der Waals surface area contributed by atoms with E-state index in [0.29, 0.717) is 18.3 Å². The lowest BCUT2D eigenvalue weighted by atomic mass is 10.1. The number of anilines is 1. The average Bonchev–Trinajstić information content (AvgIpc) is 2.74. The van der Waals surface area contributed by atoms with Gasteiger partial charge in [-0.2, -0.15) is 5.10 Å². The second-order valence-corrected chi connectivity index (χ2v) is 4.21. The van der Waals surface area contributed by atoms with E-state index in [1.54, 1.807) is 0 Å². The fourth-order valence-electron chi connectivity index (χ4n) is 1.36. The number of nitrogens with one attached hydrogen (secondary N) is 2. The topological polar surface area (TPSA) is 93.0 Å². The SMILES string of the molecule is COC(CN)CC(=O)Nc1cc(C(C)C)[nH]n1. The Bertz CT molecular complexity index is 358. The van der Waals surface area contributed by atoms with E-state index in [4.69, 9.17) is 10.5 Å². The molecule has 0 radical (unpaired) electrons. The molecule has 1 rings (SSSR count). The summed E-state index contributed by atoms with van der Waals surface area (Å²) in [6.45, 7) is 4.42. The monoisotopic (exact) mass is 240 g/mol. The Morgan fingerprint density at radius 3 is 2.82 bits per heavy atom. The maximum Gasteiger partial charge on any atom is 0.228 e. The first kappa shape index (κ1) is 13.7. The van der Waals surface area contributed by atoms with Crippen molar-refractivity contribution in [3.8, 4) is 0 Å². The molecule has 1 aromatic rings. The number of H-pyrrole nitrogens is 1. The van der Waals surface area contributed by atoms with Crippen molar-refractivity contribution in [1.29, 1.82) is 0 Å². The molecule has 6 nitrogen and oxygen atoms in total. The van der Waals surface area contributed by atoms with Gasteiger partial charge < -0.3 is 15.8 Å². The predicted molar refractivity (Wildman–Crippen MR) is 65.8 cm³/mol. The van der Waals surface area contributed by atoms with Gasteiger partial charge in [-0.05, 0) is 5.92 Å². The lowest BCUT2D eigenvalue weighted by Crippen LogP contribution is -2.28. The number of carbonyl (C=O) groups excluding carboxylic acids is 1. The van der Waals surface area contributed by atoms with Gasteiger partial charge in [0.2, 0.25) is 5.91 Å². The van der Waals surface area contributed by atoms with Crippen molar-refractivity contribution < 1.29 is 9.53 Å². The molecule has 96 valence electrons. The molecule has 17 heavy (non-hydrogen) atoms. The lowest BCUT2D eigenvalue weighted by Gasteiger charge is -2.11. The van der Waals surface area contributed by atoms with Gasteiger partial charge in [-0.3, -0.25) is 9.89 Å².